The quantitative estimate of drug-likeness (QED) is 0.428. The number of hydrogen-bond acceptors (Lipinski definition) is 3. The Balaban J connectivity index is 1.99. The molecule has 0 saturated carbocycles. The second kappa shape index (κ2) is 8.74. The van der Waals surface area contributed by atoms with Crippen LogP contribution in [0.25, 0.3) is 0 Å². The first-order valence-corrected chi connectivity index (χ1v) is 10.4. The first-order chi connectivity index (χ1) is 14.2. The summed E-state index contributed by atoms with van der Waals surface area (Å²) >= 11 is 0. The molecule has 0 aliphatic carbocycles. The average molecular weight is 398 g/mol. The molecule has 0 saturated heterocycles. The van der Waals surface area contributed by atoms with Crippen molar-refractivity contribution in [3.05, 3.63) is 87.2 Å². The molecule has 154 valence electrons. The fourth-order valence-electron chi connectivity index (χ4n) is 3.99. The van der Waals surface area contributed by atoms with Gasteiger partial charge in [-0.15, -0.1) is 0 Å². The van der Waals surface area contributed by atoms with Gasteiger partial charge in [0.1, 0.15) is 0 Å². The molecule has 0 atom stereocenters. The summed E-state index contributed by atoms with van der Waals surface area (Å²) < 4.78 is 0. The fourth-order valence-corrected chi connectivity index (χ4v) is 3.99. The van der Waals surface area contributed by atoms with Gasteiger partial charge in [-0.25, -0.2) is 4.98 Å². The molecule has 1 heterocycles. The number of pyridine rings is 1. The van der Waals surface area contributed by atoms with Crippen LogP contribution in [0.2, 0.25) is 0 Å². The molecule has 0 aliphatic rings. The van der Waals surface area contributed by atoms with Gasteiger partial charge in [0.15, 0.2) is 0 Å². The largest absolute Gasteiger partial charge is 0.251 e. The molecule has 0 aliphatic heterocycles. The SMILES string of the molecule is C/C(=N\c1c(C)cc(C)cc1C)c1cccc(/C(C)=N/c2c(C)cc(C)cc2C)n1. The number of nitrogens with zero attached hydrogens (tertiary/aromatic N) is 3. The van der Waals surface area contributed by atoms with Gasteiger partial charge in [-0.05, 0) is 89.8 Å². The van der Waals surface area contributed by atoms with Crippen molar-refractivity contribution in [1.82, 2.24) is 4.98 Å². The number of benzene rings is 2. The van der Waals surface area contributed by atoms with E-state index in [0.29, 0.717) is 0 Å². The van der Waals surface area contributed by atoms with E-state index < -0.39 is 0 Å². The fraction of sp³-hybridized carbons (Fsp3) is 0.296. The van der Waals surface area contributed by atoms with Crippen molar-refractivity contribution in [3.63, 3.8) is 0 Å². The highest BCUT2D eigenvalue weighted by Crippen LogP contribution is 2.27. The lowest BCUT2D eigenvalue weighted by molar-refractivity contribution is 1.22. The van der Waals surface area contributed by atoms with Crippen LogP contribution in [0.15, 0.2) is 52.4 Å². The van der Waals surface area contributed by atoms with Crippen molar-refractivity contribution in [3.8, 4) is 0 Å². The summed E-state index contributed by atoms with van der Waals surface area (Å²) in [7, 11) is 0. The zero-order chi connectivity index (χ0) is 22.0. The monoisotopic (exact) mass is 397 g/mol. The van der Waals surface area contributed by atoms with Gasteiger partial charge in [-0.3, -0.25) is 9.98 Å². The summed E-state index contributed by atoms with van der Waals surface area (Å²) in [5, 5.41) is 0. The van der Waals surface area contributed by atoms with Gasteiger partial charge in [-0.1, -0.05) is 41.5 Å². The van der Waals surface area contributed by atoms with Crippen molar-refractivity contribution < 1.29 is 0 Å². The summed E-state index contributed by atoms with van der Waals surface area (Å²) in [4.78, 5) is 14.7. The Hall–Kier alpha value is -3.07. The second-order valence-electron chi connectivity index (χ2n) is 8.30. The van der Waals surface area contributed by atoms with Crippen molar-refractivity contribution in [2.45, 2.75) is 55.4 Å². The number of aromatic nitrogens is 1. The predicted octanol–water partition coefficient (Wildman–Crippen LogP) is 7.21. The minimum absolute atomic E-state index is 0.874. The Labute approximate surface area is 180 Å². The molecule has 2 aromatic carbocycles. The normalized spacial score (nSPS) is 12.4. The molecule has 0 bridgehead atoms. The van der Waals surface area contributed by atoms with Crippen LogP contribution >= 0.6 is 0 Å². The number of aliphatic imine (C=N–C) groups is 2. The Morgan fingerprint density at radius 3 is 1.27 bits per heavy atom. The summed E-state index contributed by atoms with van der Waals surface area (Å²) in [6, 6.07) is 14.7. The van der Waals surface area contributed by atoms with Crippen molar-refractivity contribution in [1.29, 1.82) is 0 Å². The van der Waals surface area contributed by atoms with Gasteiger partial charge >= 0.3 is 0 Å². The van der Waals surface area contributed by atoms with E-state index in [0.717, 1.165) is 34.2 Å². The standard InChI is InChI=1S/C27H31N3/c1-16-12-18(3)26(19(4)13-16)28-22(7)24-10-9-11-25(30-24)23(8)29-27-20(5)14-17(2)15-21(27)6/h9-15H,1-8H3/b28-22+,29-23+. The molecule has 1 aromatic heterocycles. The third kappa shape index (κ3) is 4.73. The highest BCUT2D eigenvalue weighted by molar-refractivity contribution is 6.02. The highest BCUT2D eigenvalue weighted by Gasteiger charge is 2.09. The Morgan fingerprint density at radius 2 is 0.933 bits per heavy atom. The predicted molar refractivity (Wildman–Crippen MR) is 129 cm³/mol. The molecule has 0 radical (unpaired) electrons. The summed E-state index contributed by atoms with van der Waals surface area (Å²) in [6.07, 6.45) is 0. The van der Waals surface area contributed by atoms with Gasteiger partial charge in [0.2, 0.25) is 0 Å². The lowest BCUT2D eigenvalue weighted by atomic mass is 10.0. The third-order valence-electron chi connectivity index (χ3n) is 5.32. The molecule has 0 amide bonds. The van der Waals surface area contributed by atoms with Gasteiger partial charge in [0.25, 0.3) is 0 Å². The van der Waals surface area contributed by atoms with E-state index in [4.69, 9.17) is 15.0 Å². The number of hydrogen-bond donors (Lipinski definition) is 0. The van der Waals surface area contributed by atoms with Crippen molar-refractivity contribution in [2.24, 2.45) is 9.98 Å². The van der Waals surface area contributed by atoms with Gasteiger partial charge < -0.3 is 0 Å². The lowest BCUT2D eigenvalue weighted by Gasteiger charge is -2.10. The smallest absolute Gasteiger partial charge is 0.0849 e. The van der Waals surface area contributed by atoms with Gasteiger partial charge in [0, 0.05) is 0 Å². The lowest BCUT2D eigenvalue weighted by Crippen LogP contribution is -2.05. The summed E-state index contributed by atoms with van der Waals surface area (Å²) in [5.41, 5.74) is 12.9. The van der Waals surface area contributed by atoms with E-state index in [1.165, 1.54) is 33.4 Å². The van der Waals surface area contributed by atoms with Crippen LogP contribution in [-0.4, -0.2) is 16.4 Å². The van der Waals surface area contributed by atoms with Gasteiger partial charge in [0.05, 0.1) is 34.2 Å². The maximum Gasteiger partial charge on any atom is 0.0849 e. The molecule has 30 heavy (non-hydrogen) atoms. The first-order valence-electron chi connectivity index (χ1n) is 10.4. The van der Waals surface area contributed by atoms with E-state index in [9.17, 15) is 0 Å². The zero-order valence-electron chi connectivity index (χ0n) is 19.4. The second-order valence-corrected chi connectivity index (χ2v) is 8.30. The zero-order valence-corrected chi connectivity index (χ0v) is 19.4. The van der Waals surface area contributed by atoms with Crippen LogP contribution in [0.3, 0.4) is 0 Å². The molecule has 0 fully saturated rings. The van der Waals surface area contributed by atoms with Crippen molar-refractivity contribution in [2.75, 3.05) is 0 Å². The summed E-state index contributed by atoms with van der Waals surface area (Å²) in [6.45, 7) is 16.7. The summed E-state index contributed by atoms with van der Waals surface area (Å²) in [5.74, 6) is 0. The molecule has 0 spiro atoms. The third-order valence-corrected chi connectivity index (χ3v) is 5.32. The van der Waals surface area contributed by atoms with Crippen LogP contribution in [0.4, 0.5) is 11.4 Å². The minimum atomic E-state index is 0.874. The Kier molecular flexibility index (Phi) is 6.31. The number of aryl methyl sites for hydroxylation is 6. The molecule has 0 unspecified atom stereocenters. The van der Waals surface area contributed by atoms with Crippen LogP contribution in [0.1, 0.15) is 58.6 Å². The Morgan fingerprint density at radius 1 is 0.600 bits per heavy atom. The molecular weight excluding hydrogens is 366 g/mol. The van der Waals surface area contributed by atoms with Crippen LogP contribution in [0.5, 0.6) is 0 Å². The Bertz CT molecular complexity index is 1030. The van der Waals surface area contributed by atoms with Crippen LogP contribution < -0.4 is 0 Å². The van der Waals surface area contributed by atoms with Crippen molar-refractivity contribution >= 4 is 22.8 Å². The first kappa shape index (κ1) is 21.6. The van der Waals surface area contributed by atoms with E-state index >= 15 is 0 Å². The molecule has 0 N–H and O–H groups in total. The van der Waals surface area contributed by atoms with E-state index in [-0.39, 0.29) is 0 Å². The topological polar surface area (TPSA) is 37.6 Å². The van der Waals surface area contributed by atoms with E-state index in [1.807, 2.05) is 32.0 Å². The van der Waals surface area contributed by atoms with E-state index in [1.54, 1.807) is 0 Å². The highest BCUT2D eigenvalue weighted by atomic mass is 14.8. The minimum Gasteiger partial charge on any atom is -0.251 e. The maximum atomic E-state index is 4.91. The maximum absolute atomic E-state index is 4.91. The van der Waals surface area contributed by atoms with Crippen LogP contribution in [-0.2, 0) is 0 Å². The molecule has 3 rings (SSSR count). The molecule has 3 nitrogen and oxygen atoms in total. The molecule has 3 heteroatoms. The molecular formula is C27H31N3. The van der Waals surface area contributed by atoms with E-state index in [2.05, 4.69) is 65.8 Å². The van der Waals surface area contributed by atoms with Crippen LogP contribution in [0, 0.1) is 41.5 Å². The van der Waals surface area contributed by atoms with Gasteiger partial charge in [-0.2, -0.15) is 0 Å². The average Bonchev–Trinajstić information content (AvgIpc) is 2.67. The number of rotatable bonds is 4. The molecule has 3 aromatic rings.